The van der Waals surface area contributed by atoms with Crippen molar-refractivity contribution in [3.8, 4) is 6.07 Å². The number of rotatable bonds is 1. The van der Waals surface area contributed by atoms with Crippen LogP contribution in [-0.2, 0) is 0 Å². The molecule has 1 heterocycles. The van der Waals surface area contributed by atoms with E-state index in [-0.39, 0.29) is 0 Å². The number of nitrogen functional groups attached to an aromatic ring is 1. The van der Waals surface area contributed by atoms with Gasteiger partial charge >= 0.3 is 0 Å². The number of benzene rings is 1. The summed E-state index contributed by atoms with van der Waals surface area (Å²) in [6.45, 7) is 0. The van der Waals surface area contributed by atoms with Gasteiger partial charge in [0.05, 0.1) is 11.3 Å². The van der Waals surface area contributed by atoms with Crippen LogP contribution in [0.25, 0.3) is 0 Å². The number of nitrogens with two attached hydrogens (primary N) is 1. The van der Waals surface area contributed by atoms with Crippen molar-refractivity contribution in [1.29, 1.82) is 5.26 Å². The van der Waals surface area contributed by atoms with Crippen molar-refractivity contribution in [3.63, 3.8) is 0 Å². The van der Waals surface area contributed by atoms with Crippen LogP contribution in [0.3, 0.4) is 0 Å². The third kappa shape index (κ3) is 1.71. The summed E-state index contributed by atoms with van der Waals surface area (Å²) in [6.07, 6.45) is 3.70. The quantitative estimate of drug-likeness (QED) is 0.657. The molecular weight excluding hydrogens is 190 g/mol. The summed E-state index contributed by atoms with van der Waals surface area (Å²) in [5, 5.41) is 12.5. The Kier molecular flexibility index (Phi) is 2.20. The Bertz CT molecular complexity index is 446. The molecular formula is C10H11N5. The van der Waals surface area contributed by atoms with E-state index in [1.54, 1.807) is 22.2 Å². The van der Waals surface area contributed by atoms with Crippen LogP contribution in [0.1, 0.15) is 5.56 Å². The molecule has 0 aliphatic carbocycles. The Labute approximate surface area is 87.9 Å². The lowest BCUT2D eigenvalue weighted by atomic mass is 10.1. The molecule has 1 aliphatic heterocycles. The summed E-state index contributed by atoms with van der Waals surface area (Å²) < 4.78 is 0. The van der Waals surface area contributed by atoms with Gasteiger partial charge in [-0.05, 0) is 18.2 Å². The third-order valence-electron chi connectivity index (χ3n) is 2.11. The highest BCUT2D eigenvalue weighted by Gasteiger charge is 2.13. The second-order valence-corrected chi connectivity index (χ2v) is 3.27. The molecule has 0 saturated heterocycles. The molecule has 0 amide bonds. The lowest BCUT2D eigenvalue weighted by Crippen LogP contribution is -2.37. The fourth-order valence-electron chi connectivity index (χ4n) is 1.39. The standard InChI is InChI=1S/C10H11N5/c1-14-4-5-15(13-14)10-3-2-9(12)6-8(10)7-11/h2-6,13H,12H2,1H3. The van der Waals surface area contributed by atoms with E-state index in [0.29, 0.717) is 11.3 Å². The van der Waals surface area contributed by atoms with Crippen molar-refractivity contribution in [1.82, 2.24) is 10.5 Å². The van der Waals surface area contributed by atoms with Gasteiger partial charge in [0.25, 0.3) is 0 Å². The van der Waals surface area contributed by atoms with E-state index in [2.05, 4.69) is 11.6 Å². The predicted molar refractivity (Wildman–Crippen MR) is 58.1 cm³/mol. The number of hydrogen-bond acceptors (Lipinski definition) is 5. The molecule has 0 saturated carbocycles. The zero-order valence-electron chi connectivity index (χ0n) is 8.31. The molecule has 76 valence electrons. The minimum absolute atomic E-state index is 0.544. The number of nitrogens with one attached hydrogen (secondary N) is 1. The molecule has 0 atom stereocenters. The predicted octanol–water partition coefficient (Wildman–Crippen LogP) is 0.783. The summed E-state index contributed by atoms with van der Waals surface area (Å²) in [7, 11) is 1.87. The van der Waals surface area contributed by atoms with E-state index in [1.807, 2.05) is 25.5 Å². The maximum Gasteiger partial charge on any atom is 0.101 e. The van der Waals surface area contributed by atoms with E-state index >= 15 is 0 Å². The van der Waals surface area contributed by atoms with Gasteiger partial charge in [-0.1, -0.05) is 0 Å². The fraction of sp³-hybridized carbons (Fsp3) is 0.100. The van der Waals surface area contributed by atoms with Gasteiger partial charge in [-0.15, -0.1) is 5.53 Å². The number of nitriles is 1. The van der Waals surface area contributed by atoms with E-state index < -0.39 is 0 Å². The van der Waals surface area contributed by atoms with Crippen molar-refractivity contribution in [3.05, 3.63) is 36.2 Å². The number of hydrogen-bond donors (Lipinski definition) is 2. The van der Waals surface area contributed by atoms with Crippen molar-refractivity contribution in [2.45, 2.75) is 0 Å². The summed E-state index contributed by atoms with van der Waals surface area (Å²) in [5.41, 5.74) is 10.6. The van der Waals surface area contributed by atoms with Crippen LogP contribution in [-0.4, -0.2) is 12.1 Å². The molecule has 0 unspecified atom stereocenters. The summed E-state index contributed by atoms with van der Waals surface area (Å²) in [4.78, 5) is 0. The van der Waals surface area contributed by atoms with E-state index in [4.69, 9.17) is 11.0 Å². The van der Waals surface area contributed by atoms with E-state index in [1.165, 1.54) is 0 Å². The fourth-order valence-corrected chi connectivity index (χ4v) is 1.39. The second-order valence-electron chi connectivity index (χ2n) is 3.27. The largest absolute Gasteiger partial charge is 0.399 e. The zero-order chi connectivity index (χ0) is 10.8. The van der Waals surface area contributed by atoms with Gasteiger partial charge in [-0.2, -0.15) is 5.26 Å². The van der Waals surface area contributed by atoms with Gasteiger partial charge in [-0.3, -0.25) is 10.0 Å². The molecule has 0 fully saturated rings. The van der Waals surface area contributed by atoms with Gasteiger partial charge in [-0.25, -0.2) is 0 Å². The molecule has 5 nitrogen and oxygen atoms in total. The molecule has 0 spiro atoms. The first-order chi connectivity index (χ1) is 7.20. The Morgan fingerprint density at radius 3 is 2.80 bits per heavy atom. The number of hydrazine groups is 2. The lowest BCUT2D eigenvalue weighted by molar-refractivity contribution is 0.359. The first-order valence-electron chi connectivity index (χ1n) is 4.47. The molecule has 2 rings (SSSR count). The van der Waals surface area contributed by atoms with Crippen LogP contribution in [0.2, 0.25) is 0 Å². The molecule has 1 aromatic carbocycles. The SMILES string of the molecule is CN1C=CN(c2ccc(N)cc2C#N)N1. The first-order valence-corrected chi connectivity index (χ1v) is 4.47. The Morgan fingerprint density at radius 1 is 1.40 bits per heavy atom. The molecule has 0 radical (unpaired) electrons. The van der Waals surface area contributed by atoms with Crippen LogP contribution >= 0.6 is 0 Å². The molecule has 1 aromatic rings. The summed E-state index contributed by atoms with van der Waals surface area (Å²) in [5.74, 6) is 0. The average molecular weight is 201 g/mol. The highest BCUT2D eigenvalue weighted by atomic mass is 15.8. The molecule has 1 aliphatic rings. The number of anilines is 2. The van der Waals surface area contributed by atoms with Gasteiger partial charge in [0.2, 0.25) is 0 Å². The van der Waals surface area contributed by atoms with Crippen molar-refractivity contribution >= 4 is 11.4 Å². The van der Waals surface area contributed by atoms with Crippen LogP contribution in [0.15, 0.2) is 30.6 Å². The second kappa shape index (κ2) is 3.52. The normalized spacial score (nSPS) is 14.4. The molecule has 0 bridgehead atoms. The van der Waals surface area contributed by atoms with E-state index in [9.17, 15) is 0 Å². The Hall–Kier alpha value is -2.19. The van der Waals surface area contributed by atoms with Crippen LogP contribution < -0.4 is 16.3 Å². The van der Waals surface area contributed by atoms with Crippen molar-refractivity contribution in [2.24, 2.45) is 0 Å². The Morgan fingerprint density at radius 2 is 2.20 bits per heavy atom. The smallest absolute Gasteiger partial charge is 0.101 e. The molecule has 15 heavy (non-hydrogen) atoms. The summed E-state index contributed by atoms with van der Waals surface area (Å²) in [6, 6.07) is 7.35. The van der Waals surface area contributed by atoms with Crippen LogP contribution in [0, 0.1) is 11.3 Å². The van der Waals surface area contributed by atoms with Crippen molar-refractivity contribution < 1.29 is 0 Å². The number of nitrogens with zero attached hydrogens (tertiary/aromatic N) is 3. The zero-order valence-corrected chi connectivity index (χ0v) is 8.31. The van der Waals surface area contributed by atoms with Gasteiger partial charge < -0.3 is 5.73 Å². The molecule has 5 heteroatoms. The molecule has 3 N–H and O–H groups in total. The van der Waals surface area contributed by atoms with Crippen molar-refractivity contribution in [2.75, 3.05) is 17.8 Å². The van der Waals surface area contributed by atoms with Crippen LogP contribution in [0.5, 0.6) is 0 Å². The van der Waals surface area contributed by atoms with Gasteiger partial charge in [0, 0.05) is 25.1 Å². The summed E-state index contributed by atoms with van der Waals surface area (Å²) >= 11 is 0. The highest BCUT2D eigenvalue weighted by molar-refractivity contribution is 5.65. The topological polar surface area (TPSA) is 68.3 Å². The maximum atomic E-state index is 8.97. The third-order valence-corrected chi connectivity index (χ3v) is 2.11. The maximum absolute atomic E-state index is 8.97. The average Bonchev–Trinajstić information content (AvgIpc) is 2.64. The first kappa shape index (κ1) is 9.37. The highest BCUT2D eigenvalue weighted by Crippen LogP contribution is 2.22. The Balaban J connectivity index is 2.37. The van der Waals surface area contributed by atoms with Gasteiger partial charge in [0.1, 0.15) is 6.07 Å². The minimum Gasteiger partial charge on any atom is -0.399 e. The lowest BCUT2D eigenvalue weighted by Gasteiger charge is -2.20. The minimum atomic E-state index is 0.544. The van der Waals surface area contributed by atoms with Crippen LogP contribution in [0.4, 0.5) is 11.4 Å². The molecule has 0 aromatic heterocycles. The monoisotopic (exact) mass is 201 g/mol. The van der Waals surface area contributed by atoms with E-state index in [0.717, 1.165) is 5.69 Å². The van der Waals surface area contributed by atoms with Gasteiger partial charge in [0.15, 0.2) is 0 Å².